The first kappa shape index (κ1) is 20.4. The molecule has 3 saturated heterocycles. The van der Waals surface area contributed by atoms with Gasteiger partial charge < -0.3 is 19.4 Å². The second kappa shape index (κ2) is 9.73. The SMILES string of the molecule is CCOC(=O)N1CCN(C2CCCN(C(=O)CC3CCN(C)CC3)C2)CC1. The molecule has 0 aromatic heterocycles. The Morgan fingerprint density at radius 2 is 1.63 bits per heavy atom. The first-order valence-electron chi connectivity index (χ1n) is 10.7. The number of amides is 2. The lowest BCUT2D eigenvalue weighted by Crippen LogP contribution is -2.56. The normalized spacial score (nSPS) is 26.2. The summed E-state index contributed by atoms with van der Waals surface area (Å²) < 4.78 is 5.10. The zero-order valence-electron chi connectivity index (χ0n) is 17.1. The summed E-state index contributed by atoms with van der Waals surface area (Å²) in [6, 6.07) is 0.435. The second-order valence-electron chi connectivity index (χ2n) is 8.31. The standard InChI is InChI=1S/C20H36N4O3/c1-3-27-20(26)23-13-11-22(12-14-23)18-5-4-8-24(16-18)19(25)15-17-6-9-21(2)10-7-17/h17-18H,3-16H2,1-2H3. The van der Waals surface area contributed by atoms with Crippen LogP contribution in [0.3, 0.4) is 0 Å². The predicted molar refractivity (Wildman–Crippen MR) is 105 cm³/mol. The Bertz CT molecular complexity index is 499. The predicted octanol–water partition coefficient (Wildman–Crippen LogP) is 1.48. The topological polar surface area (TPSA) is 56.3 Å². The molecule has 27 heavy (non-hydrogen) atoms. The number of piperazine rings is 1. The van der Waals surface area contributed by atoms with Gasteiger partial charge in [0.2, 0.25) is 5.91 Å². The van der Waals surface area contributed by atoms with Crippen molar-refractivity contribution in [3.63, 3.8) is 0 Å². The summed E-state index contributed by atoms with van der Waals surface area (Å²) >= 11 is 0. The molecular weight excluding hydrogens is 344 g/mol. The van der Waals surface area contributed by atoms with Gasteiger partial charge in [-0.1, -0.05) is 0 Å². The molecule has 0 N–H and O–H groups in total. The maximum Gasteiger partial charge on any atom is 0.409 e. The number of nitrogens with zero attached hydrogens (tertiary/aromatic N) is 4. The summed E-state index contributed by atoms with van der Waals surface area (Å²) in [5, 5.41) is 0. The van der Waals surface area contributed by atoms with E-state index < -0.39 is 0 Å². The van der Waals surface area contributed by atoms with Gasteiger partial charge in [0, 0.05) is 51.7 Å². The average Bonchev–Trinajstić information content (AvgIpc) is 2.70. The van der Waals surface area contributed by atoms with E-state index in [-0.39, 0.29) is 6.09 Å². The van der Waals surface area contributed by atoms with Crippen molar-refractivity contribution < 1.29 is 14.3 Å². The van der Waals surface area contributed by atoms with E-state index in [4.69, 9.17) is 4.74 Å². The second-order valence-corrected chi connectivity index (χ2v) is 8.31. The molecule has 3 heterocycles. The van der Waals surface area contributed by atoms with Gasteiger partial charge in [-0.05, 0) is 58.7 Å². The van der Waals surface area contributed by atoms with Gasteiger partial charge in [-0.2, -0.15) is 0 Å². The minimum Gasteiger partial charge on any atom is -0.450 e. The van der Waals surface area contributed by atoms with Crippen molar-refractivity contribution in [2.24, 2.45) is 5.92 Å². The molecular formula is C20H36N4O3. The summed E-state index contributed by atoms with van der Waals surface area (Å²) in [6.07, 6.45) is 5.05. The molecule has 0 aromatic carbocycles. The molecule has 0 saturated carbocycles. The Hall–Kier alpha value is -1.34. The number of carbonyl (C=O) groups is 2. The first-order valence-corrected chi connectivity index (χ1v) is 10.7. The van der Waals surface area contributed by atoms with Gasteiger partial charge in [-0.15, -0.1) is 0 Å². The highest BCUT2D eigenvalue weighted by Gasteiger charge is 2.32. The molecule has 0 spiro atoms. The largest absolute Gasteiger partial charge is 0.450 e. The van der Waals surface area contributed by atoms with Crippen molar-refractivity contribution in [3.05, 3.63) is 0 Å². The maximum absolute atomic E-state index is 12.8. The minimum atomic E-state index is -0.198. The average molecular weight is 381 g/mol. The van der Waals surface area contributed by atoms with Crippen LogP contribution in [0.2, 0.25) is 0 Å². The van der Waals surface area contributed by atoms with Gasteiger partial charge >= 0.3 is 6.09 Å². The molecule has 154 valence electrons. The molecule has 7 nitrogen and oxygen atoms in total. The van der Waals surface area contributed by atoms with Gasteiger partial charge in [0.15, 0.2) is 0 Å². The van der Waals surface area contributed by atoms with Crippen LogP contribution in [0, 0.1) is 5.92 Å². The number of hydrogen-bond donors (Lipinski definition) is 0. The number of hydrogen-bond acceptors (Lipinski definition) is 5. The highest BCUT2D eigenvalue weighted by atomic mass is 16.6. The molecule has 2 amide bonds. The highest BCUT2D eigenvalue weighted by Crippen LogP contribution is 2.23. The maximum atomic E-state index is 12.8. The summed E-state index contributed by atoms with van der Waals surface area (Å²) in [5.41, 5.74) is 0. The van der Waals surface area contributed by atoms with Gasteiger partial charge in [0.05, 0.1) is 6.61 Å². The molecule has 1 unspecified atom stereocenters. The minimum absolute atomic E-state index is 0.198. The number of likely N-dealkylation sites (tertiary alicyclic amines) is 2. The number of ether oxygens (including phenoxy) is 1. The van der Waals surface area contributed by atoms with Crippen molar-refractivity contribution in [1.29, 1.82) is 0 Å². The Balaban J connectivity index is 1.44. The molecule has 3 fully saturated rings. The smallest absolute Gasteiger partial charge is 0.409 e. The fraction of sp³-hybridized carbons (Fsp3) is 0.900. The van der Waals surface area contributed by atoms with Crippen molar-refractivity contribution >= 4 is 12.0 Å². The Morgan fingerprint density at radius 3 is 2.30 bits per heavy atom. The van der Waals surface area contributed by atoms with E-state index in [1.165, 1.54) is 0 Å². The van der Waals surface area contributed by atoms with Crippen LogP contribution in [0.1, 0.15) is 39.0 Å². The third kappa shape index (κ3) is 5.57. The van der Waals surface area contributed by atoms with Gasteiger partial charge in [0.25, 0.3) is 0 Å². The fourth-order valence-corrected chi connectivity index (χ4v) is 4.61. The number of piperidine rings is 2. The number of rotatable bonds is 4. The third-order valence-electron chi connectivity index (χ3n) is 6.41. The van der Waals surface area contributed by atoms with Crippen LogP contribution in [-0.4, -0.2) is 104 Å². The zero-order chi connectivity index (χ0) is 19.2. The lowest BCUT2D eigenvalue weighted by atomic mass is 9.92. The van der Waals surface area contributed by atoms with Crippen molar-refractivity contribution in [3.8, 4) is 0 Å². The van der Waals surface area contributed by atoms with Gasteiger partial charge in [-0.3, -0.25) is 9.69 Å². The zero-order valence-corrected chi connectivity index (χ0v) is 17.1. The van der Waals surface area contributed by atoms with Crippen LogP contribution in [0.25, 0.3) is 0 Å². The van der Waals surface area contributed by atoms with Gasteiger partial charge in [-0.25, -0.2) is 4.79 Å². The van der Waals surface area contributed by atoms with E-state index in [0.29, 0.717) is 24.5 Å². The van der Waals surface area contributed by atoms with Crippen LogP contribution in [0.15, 0.2) is 0 Å². The molecule has 1 atom stereocenters. The molecule has 7 heteroatoms. The summed E-state index contributed by atoms with van der Waals surface area (Å²) in [6.45, 7) is 9.45. The lowest BCUT2D eigenvalue weighted by molar-refractivity contribution is -0.134. The molecule has 3 rings (SSSR count). The van der Waals surface area contributed by atoms with Crippen molar-refractivity contribution in [2.45, 2.75) is 45.1 Å². The van der Waals surface area contributed by atoms with E-state index in [0.717, 1.165) is 84.5 Å². The summed E-state index contributed by atoms with van der Waals surface area (Å²) in [5.74, 6) is 0.904. The summed E-state index contributed by atoms with van der Waals surface area (Å²) in [7, 11) is 2.16. The third-order valence-corrected chi connectivity index (χ3v) is 6.41. The van der Waals surface area contributed by atoms with E-state index in [1.54, 1.807) is 4.90 Å². The van der Waals surface area contributed by atoms with Crippen LogP contribution in [0.5, 0.6) is 0 Å². The number of carbonyl (C=O) groups excluding carboxylic acids is 2. The molecule has 0 aliphatic carbocycles. The van der Waals surface area contributed by atoms with Crippen LogP contribution in [-0.2, 0) is 9.53 Å². The molecule has 0 aromatic rings. The molecule has 0 bridgehead atoms. The van der Waals surface area contributed by atoms with Gasteiger partial charge in [0.1, 0.15) is 0 Å². The Kier molecular flexibility index (Phi) is 7.35. The van der Waals surface area contributed by atoms with E-state index >= 15 is 0 Å². The van der Waals surface area contributed by atoms with Crippen LogP contribution >= 0.6 is 0 Å². The monoisotopic (exact) mass is 380 g/mol. The summed E-state index contributed by atoms with van der Waals surface area (Å²) in [4.78, 5) is 33.4. The quantitative estimate of drug-likeness (QED) is 0.740. The van der Waals surface area contributed by atoms with Crippen molar-refractivity contribution in [1.82, 2.24) is 19.6 Å². The van der Waals surface area contributed by atoms with E-state index in [1.807, 2.05) is 6.92 Å². The molecule has 3 aliphatic rings. The van der Waals surface area contributed by atoms with Crippen LogP contribution in [0.4, 0.5) is 4.79 Å². The Labute approximate surface area is 163 Å². The fourth-order valence-electron chi connectivity index (χ4n) is 4.61. The lowest BCUT2D eigenvalue weighted by Gasteiger charge is -2.43. The van der Waals surface area contributed by atoms with E-state index in [2.05, 4.69) is 21.7 Å². The first-order chi connectivity index (χ1) is 13.1. The molecule has 3 aliphatic heterocycles. The van der Waals surface area contributed by atoms with Crippen molar-refractivity contribution in [2.75, 3.05) is 66.0 Å². The highest BCUT2D eigenvalue weighted by molar-refractivity contribution is 5.76. The van der Waals surface area contributed by atoms with E-state index in [9.17, 15) is 9.59 Å². The van der Waals surface area contributed by atoms with Crippen LogP contribution < -0.4 is 0 Å². The molecule has 0 radical (unpaired) electrons. The Morgan fingerprint density at radius 1 is 0.926 bits per heavy atom.